The van der Waals surface area contributed by atoms with E-state index < -0.39 is 118 Å². The van der Waals surface area contributed by atoms with Gasteiger partial charge in [-0.15, -0.1) is 0 Å². The van der Waals surface area contributed by atoms with E-state index in [9.17, 15) is 53.9 Å². The number of nitrogens with one attached hydrogen (secondary N) is 1. The van der Waals surface area contributed by atoms with Gasteiger partial charge in [-0.3, -0.25) is 9.59 Å². The average molecular weight is 781 g/mol. The number of morpholine rings is 1. The van der Waals surface area contributed by atoms with Crippen molar-refractivity contribution in [3.05, 3.63) is 92.5 Å². The smallest absolute Gasteiger partial charge is 0.433 e. The van der Waals surface area contributed by atoms with Gasteiger partial charge in [-0.25, -0.2) is 18.6 Å². The maximum atomic E-state index is 15.3. The molecule has 0 saturated carbocycles. The Hall–Kier alpha value is -5.27. The van der Waals surface area contributed by atoms with Crippen LogP contribution in [0.25, 0.3) is 22.0 Å². The van der Waals surface area contributed by atoms with E-state index in [1.807, 2.05) is 5.32 Å². The molecule has 3 heterocycles. The molecule has 1 N–H and O–H groups in total. The lowest BCUT2D eigenvalue weighted by atomic mass is 9.92. The fraction of sp³-hybridized carbons (Fsp3) is 0.353. The van der Waals surface area contributed by atoms with E-state index >= 15 is 8.78 Å². The van der Waals surface area contributed by atoms with Crippen LogP contribution in [0.5, 0.6) is 0 Å². The van der Waals surface area contributed by atoms with E-state index in [1.54, 1.807) is 0 Å². The molecule has 54 heavy (non-hydrogen) atoms. The van der Waals surface area contributed by atoms with Crippen LogP contribution < -0.4 is 15.8 Å². The van der Waals surface area contributed by atoms with Crippen molar-refractivity contribution in [3.8, 4) is 11.1 Å². The molecule has 1 aliphatic heterocycles. The Morgan fingerprint density at radius 3 is 2.20 bits per heavy atom. The molecule has 0 bridgehead atoms. The van der Waals surface area contributed by atoms with Crippen LogP contribution in [0.4, 0.5) is 54.0 Å². The second-order valence-corrected chi connectivity index (χ2v) is 12.2. The average Bonchev–Trinajstić information content (AvgIpc) is 3.08. The first-order valence-electron chi connectivity index (χ1n) is 15.6. The van der Waals surface area contributed by atoms with Crippen molar-refractivity contribution in [2.24, 2.45) is 7.05 Å². The lowest BCUT2D eigenvalue weighted by molar-refractivity contribution is -0.167. The molecule has 20 heteroatoms. The first-order valence-corrected chi connectivity index (χ1v) is 15.6. The number of halogens is 11. The number of anilines is 1. The summed E-state index contributed by atoms with van der Waals surface area (Å²) in [7, 11) is 2.01. The molecule has 1 aliphatic rings. The van der Waals surface area contributed by atoms with Crippen molar-refractivity contribution in [1.82, 2.24) is 14.9 Å². The van der Waals surface area contributed by atoms with E-state index in [0.29, 0.717) is 29.2 Å². The fourth-order valence-corrected chi connectivity index (χ4v) is 6.03. The van der Waals surface area contributed by atoms with Crippen molar-refractivity contribution >= 4 is 28.5 Å². The van der Waals surface area contributed by atoms with Crippen molar-refractivity contribution in [3.63, 3.8) is 0 Å². The van der Waals surface area contributed by atoms with Crippen LogP contribution in [0.1, 0.15) is 32.9 Å². The summed E-state index contributed by atoms with van der Waals surface area (Å²) in [6.07, 6.45) is -15.8. The number of hydrogen-bond donors (Lipinski definition) is 1. The van der Waals surface area contributed by atoms with Crippen molar-refractivity contribution in [1.29, 1.82) is 0 Å². The van der Waals surface area contributed by atoms with E-state index in [1.165, 1.54) is 6.92 Å². The van der Waals surface area contributed by atoms with Crippen molar-refractivity contribution in [2.45, 2.75) is 44.0 Å². The number of nitrogens with zero attached hydrogens (tertiary/aromatic N) is 3. The van der Waals surface area contributed by atoms with Gasteiger partial charge in [-0.1, -0.05) is 18.2 Å². The zero-order chi connectivity index (χ0) is 40.1. The lowest BCUT2D eigenvalue weighted by Crippen LogP contribution is -2.53. The molecule has 2 aromatic heterocycles. The van der Waals surface area contributed by atoms with Crippen LogP contribution in [-0.2, 0) is 40.1 Å². The molecule has 4 aromatic rings. The maximum absolute atomic E-state index is 15.3. The number of ether oxygens (including phenoxy) is 2. The summed E-state index contributed by atoms with van der Waals surface area (Å²) < 4.78 is 166. The van der Waals surface area contributed by atoms with Crippen LogP contribution >= 0.6 is 0 Å². The fourth-order valence-electron chi connectivity index (χ4n) is 6.03. The number of esters is 1. The number of amides is 1. The molecule has 290 valence electrons. The second-order valence-electron chi connectivity index (χ2n) is 12.2. The van der Waals surface area contributed by atoms with Gasteiger partial charge >= 0.3 is 24.5 Å². The Balaban J connectivity index is 1.58. The summed E-state index contributed by atoms with van der Waals surface area (Å²) in [6, 6.07) is 0.727. The molecule has 1 fully saturated rings. The molecule has 2 atom stereocenters. The Labute approximate surface area is 297 Å². The molecule has 5 rings (SSSR count). The predicted molar refractivity (Wildman–Crippen MR) is 169 cm³/mol. The summed E-state index contributed by atoms with van der Waals surface area (Å²) in [6.45, 7) is -0.222. The monoisotopic (exact) mass is 780 g/mol. The highest BCUT2D eigenvalue weighted by Crippen LogP contribution is 2.40. The SMILES string of the molecule is COC(=O)[C@H](Cc1ccc(-c2c(C(F)(F)F)cc(C)n(C)c2=O)c2nc(C(F)(F)F)ccc12)NC(=O)c1c(F)cc(N2CCOC[C@@H]2C(F)(F)F)cc1F. The van der Waals surface area contributed by atoms with Gasteiger partial charge in [0, 0.05) is 42.3 Å². The molecule has 1 saturated heterocycles. The van der Waals surface area contributed by atoms with Crippen LogP contribution in [-0.4, -0.2) is 66.6 Å². The van der Waals surface area contributed by atoms with Crippen LogP contribution in [0, 0.1) is 18.6 Å². The molecule has 0 unspecified atom stereocenters. The molecular formula is C34H27F11N4O5. The van der Waals surface area contributed by atoms with Crippen LogP contribution in [0.15, 0.2) is 47.3 Å². The third-order valence-electron chi connectivity index (χ3n) is 8.79. The summed E-state index contributed by atoms with van der Waals surface area (Å²) in [5.41, 5.74) is -8.76. The van der Waals surface area contributed by atoms with Gasteiger partial charge in [0.1, 0.15) is 35.0 Å². The number of alkyl halides is 9. The van der Waals surface area contributed by atoms with Crippen LogP contribution in [0.2, 0.25) is 0 Å². The predicted octanol–water partition coefficient (Wildman–Crippen LogP) is 6.51. The molecule has 0 radical (unpaired) electrons. The van der Waals surface area contributed by atoms with Gasteiger partial charge < -0.3 is 24.3 Å². The number of benzene rings is 2. The zero-order valence-corrected chi connectivity index (χ0v) is 28.1. The number of fused-ring (bicyclic) bond motifs is 1. The number of pyridine rings is 2. The molecule has 2 aromatic carbocycles. The normalized spacial score (nSPS) is 16.0. The minimum Gasteiger partial charge on any atom is -0.467 e. The third kappa shape index (κ3) is 7.83. The van der Waals surface area contributed by atoms with Gasteiger partial charge in [-0.05, 0) is 36.8 Å². The number of rotatable bonds is 7. The van der Waals surface area contributed by atoms with E-state index in [2.05, 4.69) is 9.72 Å². The van der Waals surface area contributed by atoms with Gasteiger partial charge in [0.05, 0.1) is 37.0 Å². The van der Waals surface area contributed by atoms with Crippen molar-refractivity contribution < 1.29 is 67.4 Å². The maximum Gasteiger partial charge on any atom is 0.433 e. The summed E-state index contributed by atoms with van der Waals surface area (Å²) >= 11 is 0. The number of aryl methyl sites for hydroxylation is 1. The summed E-state index contributed by atoms with van der Waals surface area (Å²) in [4.78, 5) is 43.5. The minimum absolute atomic E-state index is 0.119. The number of aromatic nitrogens is 2. The highest BCUT2D eigenvalue weighted by Gasteiger charge is 2.46. The topological polar surface area (TPSA) is 103 Å². The first-order chi connectivity index (χ1) is 25.0. The third-order valence-corrected chi connectivity index (χ3v) is 8.79. The number of hydrogen-bond acceptors (Lipinski definition) is 7. The first kappa shape index (κ1) is 39.9. The minimum atomic E-state index is -5.15. The van der Waals surface area contributed by atoms with Gasteiger partial charge in [0.15, 0.2) is 0 Å². The zero-order valence-electron chi connectivity index (χ0n) is 28.1. The molecule has 9 nitrogen and oxygen atoms in total. The Bertz CT molecular complexity index is 2160. The van der Waals surface area contributed by atoms with Gasteiger partial charge in [0.25, 0.3) is 11.5 Å². The molecule has 0 aliphatic carbocycles. The van der Waals surface area contributed by atoms with Crippen LogP contribution in [0.3, 0.4) is 0 Å². The van der Waals surface area contributed by atoms with E-state index in [4.69, 9.17) is 4.74 Å². The van der Waals surface area contributed by atoms with E-state index in [-0.39, 0.29) is 23.3 Å². The van der Waals surface area contributed by atoms with Crippen molar-refractivity contribution in [2.75, 3.05) is 31.8 Å². The largest absolute Gasteiger partial charge is 0.467 e. The highest BCUT2D eigenvalue weighted by atomic mass is 19.4. The molecule has 1 amide bonds. The number of carbonyl (C=O) groups is 2. The standard InChI is InChI=1S/C34H27F11N4O5/c1-15-10-20(32(37,38)39)26(30(51)48(15)2)19-5-4-16(18-6-7-24(33(40,41)42)47-28(18)19)11-23(31(52)53-3)46-29(50)27-21(35)12-17(13-22(27)36)49-8-9-54-14-25(49)34(43,44)45/h4-7,10,12-13,23,25H,8-9,11,14H2,1-3H3,(H,46,50)/t23-,25+/m0/s1. The number of carbonyl (C=O) groups excluding carboxylic acids is 2. The second kappa shape index (κ2) is 14.5. The van der Waals surface area contributed by atoms with E-state index in [0.717, 1.165) is 36.9 Å². The highest BCUT2D eigenvalue weighted by molar-refractivity contribution is 5.99. The van der Waals surface area contributed by atoms with Gasteiger partial charge in [0.2, 0.25) is 0 Å². The summed E-state index contributed by atoms with van der Waals surface area (Å²) in [5, 5.41) is 1.73. The lowest BCUT2D eigenvalue weighted by Gasteiger charge is -2.38. The Kier molecular flexibility index (Phi) is 10.7. The summed E-state index contributed by atoms with van der Waals surface area (Å²) in [5.74, 6) is -6.06. The molecule has 0 spiro atoms. The molecular weight excluding hydrogens is 753 g/mol. The quantitative estimate of drug-likeness (QED) is 0.169. The Morgan fingerprint density at radius 1 is 0.981 bits per heavy atom. The Morgan fingerprint density at radius 2 is 1.63 bits per heavy atom. The number of methoxy groups -OCH3 is 1. The van der Waals surface area contributed by atoms with Gasteiger partial charge in [-0.2, -0.15) is 39.5 Å².